The predicted molar refractivity (Wildman–Crippen MR) is 70.0 cm³/mol. The van der Waals surface area contributed by atoms with Gasteiger partial charge in [-0.1, -0.05) is 23.7 Å². The molecular formula is C14H12ClF2NO. The number of hydrogen-bond acceptors (Lipinski definition) is 2. The van der Waals surface area contributed by atoms with E-state index < -0.39 is 11.6 Å². The number of halogens is 3. The number of ether oxygens (including phenoxy) is 1. The van der Waals surface area contributed by atoms with E-state index in [1.54, 1.807) is 12.1 Å². The van der Waals surface area contributed by atoms with Crippen molar-refractivity contribution in [3.8, 4) is 5.75 Å². The minimum Gasteiger partial charge on any atom is -0.486 e. The van der Waals surface area contributed by atoms with E-state index in [1.807, 2.05) is 0 Å². The van der Waals surface area contributed by atoms with E-state index in [9.17, 15) is 8.78 Å². The second kappa shape index (κ2) is 5.99. The number of rotatable bonds is 4. The lowest BCUT2D eigenvalue weighted by Gasteiger charge is -2.08. The highest BCUT2D eigenvalue weighted by Crippen LogP contribution is 2.21. The Morgan fingerprint density at radius 3 is 2.32 bits per heavy atom. The molecule has 0 heterocycles. The Balaban J connectivity index is 2.07. The van der Waals surface area contributed by atoms with E-state index in [4.69, 9.17) is 22.1 Å². The van der Waals surface area contributed by atoms with Crippen LogP contribution >= 0.6 is 11.6 Å². The summed E-state index contributed by atoms with van der Waals surface area (Å²) in [4.78, 5) is 0. The highest BCUT2D eigenvalue weighted by atomic mass is 35.5. The highest BCUT2D eigenvalue weighted by molar-refractivity contribution is 6.30. The van der Waals surface area contributed by atoms with Gasteiger partial charge in [-0.05, 0) is 35.4 Å². The zero-order valence-corrected chi connectivity index (χ0v) is 10.8. The average molecular weight is 284 g/mol. The summed E-state index contributed by atoms with van der Waals surface area (Å²) in [5, 5.41) is 0.0437. The second-order valence-electron chi connectivity index (χ2n) is 4.01. The van der Waals surface area contributed by atoms with Gasteiger partial charge in [-0.2, -0.15) is 0 Å². The van der Waals surface area contributed by atoms with Crippen LogP contribution in [-0.2, 0) is 13.2 Å². The van der Waals surface area contributed by atoms with E-state index in [0.29, 0.717) is 11.1 Å². The average Bonchev–Trinajstić information content (AvgIpc) is 2.41. The zero-order valence-electron chi connectivity index (χ0n) is 10.00. The second-order valence-corrected chi connectivity index (χ2v) is 4.41. The lowest BCUT2D eigenvalue weighted by atomic mass is 10.2. The molecule has 0 bridgehead atoms. The Labute approximate surface area is 114 Å². The molecule has 0 aliphatic heterocycles. The monoisotopic (exact) mass is 283 g/mol. The van der Waals surface area contributed by atoms with Gasteiger partial charge in [-0.25, -0.2) is 8.78 Å². The minimum absolute atomic E-state index is 0.0437. The van der Waals surface area contributed by atoms with Crippen LogP contribution in [-0.4, -0.2) is 0 Å². The van der Waals surface area contributed by atoms with Gasteiger partial charge in [0.05, 0.1) is 5.02 Å². The number of nitrogens with two attached hydrogens (primary N) is 1. The van der Waals surface area contributed by atoms with E-state index in [-0.39, 0.29) is 23.9 Å². The van der Waals surface area contributed by atoms with Gasteiger partial charge in [-0.15, -0.1) is 0 Å². The molecule has 0 atom stereocenters. The fourth-order valence-electron chi connectivity index (χ4n) is 1.58. The molecule has 2 N–H and O–H groups in total. The first-order chi connectivity index (χ1) is 9.10. The van der Waals surface area contributed by atoms with Crippen LogP contribution < -0.4 is 10.5 Å². The highest BCUT2D eigenvalue weighted by Gasteiger charge is 2.06. The van der Waals surface area contributed by atoms with Crippen LogP contribution in [0, 0.1) is 11.6 Å². The van der Waals surface area contributed by atoms with Gasteiger partial charge in [0.15, 0.2) is 11.6 Å². The first-order valence-electron chi connectivity index (χ1n) is 5.65. The first-order valence-corrected chi connectivity index (χ1v) is 6.03. The number of benzene rings is 2. The molecule has 2 rings (SSSR count). The Kier molecular flexibility index (Phi) is 4.35. The van der Waals surface area contributed by atoms with Crippen molar-refractivity contribution < 1.29 is 13.5 Å². The van der Waals surface area contributed by atoms with E-state index >= 15 is 0 Å². The topological polar surface area (TPSA) is 35.2 Å². The Morgan fingerprint density at radius 2 is 1.68 bits per heavy atom. The molecule has 0 unspecified atom stereocenters. The maximum absolute atomic E-state index is 13.6. The van der Waals surface area contributed by atoms with E-state index in [1.165, 1.54) is 24.3 Å². The molecule has 0 aliphatic rings. The summed E-state index contributed by atoms with van der Waals surface area (Å²) < 4.78 is 32.1. The normalized spacial score (nSPS) is 10.5. The lowest BCUT2D eigenvalue weighted by Crippen LogP contribution is -2.01. The van der Waals surface area contributed by atoms with Crippen molar-refractivity contribution in [1.82, 2.24) is 0 Å². The summed E-state index contributed by atoms with van der Waals surface area (Å²) >= 11 is 5.57. The predicted octanol–water partition coefficient (Wildman–Crippen LogP) is 3.66. The van der Waals surface area contributed by atoms with Gasteiger partial charge in [0.2, 0.25) is 0 Å². The minimum atomic E-state index is -0.526. The Hall–Kier alpha value is -1.65. The van der Waals surface area contributed by atoms with Crippen molar-refractivity contribution in [3.63, 3.8) is 0 Å². The van der Waals surface area contributed by atoms with Crippen molar-refractivity contribution in [2.45, 2.75) is 13.2 Å². The van der Waals surface area contributed by atoms with Crippen LogP contribution in [0.5, 0.6) is 5.75 Å². The fraction of sp³-hybridized carbons (Fsp3) is 0.143. The van der Waals surface area contributed by atoms with Crippen molar-refractivity contribution in [2.75, 3.05) is 0 Å². The Morgan fingerprint density at radius 1 is 1.00 bits per heavy atom. The molecule has 0 aliphatic carbocycles. The van der Waals surface area contributed by atoms with E-state index in [0.717, 1.165) is 0 Å². The molecule has 0 saturated carbocycles. The third-order valence-corrected chi connectivity index (χ3v) is 2.92. The van der Waals surface area contributed by atoms with Crippen LogP contribution in [0.2, 0.25) is 5.02 Å². The summed E-state index contributed by atoms with van der Waals surface area (Å²) in [6, 6.07) is 8.82. The molecule has 0 fully saturated rings. The zero-order chi connectivity index (χ0) is 13.8. The summed E-state index contributed by atoms with van der Waals surface area (Å²) in [5.41, 5.74) is 6.66. The standard InChI is InChI=1S/C14H12ClF2NO/c15-11-3-1-10(6-12(11)16)8-19-14-4-2-9(7-18)5-13(14)17/h1-6H,7-8,18H2. The van der Waals surface area contributed by atoms with Gasteiger partial charge in [-0.3, -0.25) is 0 Å². The molecule has 2 nitrogen and oxygen atoms in total. The van der Waals surface area contributed by atoms with Crippen molar-refractivity contribution in [1.29, 1.82) is 0 Å². The molecule has 5 heteroatoms. The quantitative estimate of drug-likeness (QED) is 0.929. The molecule has 0 saturated heterocycles. The third kappa shape index (κ3) is 3.43. The van der Waals surface area contributed by atoms with Crippen LogP contribution in [0.3, 0.4) is 0 Å². The smallest absolute Gasteiger partial charge is 0.165 e. The van der Waals surface area contributed by atoms with Gasteiger partial charge in [0.25, 0.3) is 0 Å². The van der Waals surface area contributed by atoms with Crippen molar-refractivity contribution in [3.05, 3.63) is 64.2 Å². The van der Waals surface area contributed by atoms with Crippen molar-refractivity contribution in [2.24, 2.45) is 5.73 Å². The molecule has 0 aromatic heterocycles. The molecule has 19 heavy (non-hydrogen) atoms. The third-order valence-electron chi connectivity index (χ3n) is 2.61. The fourth-order valence-corrected chi connectivity index (χ4v) is 1.70. The van der Waals surface area contributed by atoms with E-state index in [2.05, 4.69) is 0 Å². The summed E-state index contributed by atoms with van der Waals surface area (Å²) in [6.07, 6.45) is 0. The first kappa shape index (κ1) is 13.8. The van der Waals surface area contributed by atoms with Crippen LogP contribution in [0.15, 0.2) is 36.4 Å². The van der Waals surface area contributed by atoms with Crippen LogP contribution in [0.25, 0.3) is 0 Å². The summed E-state index contributed by atoms with van der Waals surface area (Å²) in [7, 11) is 0. The van der Waals surface area contributed by atoms with Crippen LogP contribution in [0.1, 0.15) is 11.1 Å². The Bertz CT molecular complexity index is 590. The SMILES string of the molecule is NCc1ccc(OCc2ccc(Cl)c(F)c2)c(F)c1. The van der Waals surface area contributed by atoms with Gasteiger partial charge < -0.3 is 10.5 Å². The molecular weight excluding hydrogens is 272 g/mol. The maximum atomic E-state index is 13.6. The molecule has 0 amide bonds. The summed E-state index contributed by atoms with van der Waals surface area (Å²) in [5.74, 6) is -0.910. The molecule has 2 aromatic rings. The lowest BCUT2D eigenvalue weighted by molar-refractivity contribution is 0.289. The molecule has 100 valence electrons. The molecule has 0 spiro atoms. The van der Waals surface area contributed by atoms with Gasteiger partial charge in [0, 0.05) is 6.54 Å². The molecule has 0 radical (unpaired) electrons. The molecule has 2 aromatic carbocycles. The van der Waals surface area contributed by atoms with Gasteiger partial charge >= 0.3 is 0 Å². The maximum Gasteiger partial charge on any atom is 0.165 e. The summed E-state index contributed by atoms with van der Waals surface area (Å²) in [6.45, 7) is 0.326. The van der Waals surface area contributed by atoms with Crippen molar-refractivity contribution >= 4 is 11.6 Å². The van der Waals surface area contributed by atoms with Gasteiger partial charge in [0.1, 0.15) is 12.4 Å². The van der Waals surface area contributed by atoms with Crippen LogP contribution in [0.4, 0.5) is 8.78 Å². The largest absolute Gasteiger partial charge is 0.486 e. The number of hydrogen-bond donors (Lipinski definition) is 1.